The molecule has 0 fully saturated rings. The van der Waals surface area contributed by atoms with Crippen LogP contribution >= 0.6 is 0 Å². The molecule has 0 saturated heterocycles. The highest BCUT2D eigenvalue weighted by Crippen LogP contribution is 2.34. The molecule has 1 heterocycles. The summed E-state index contributed by atoms with van der Waals surface area (Å²) in [5.74, 6) is -0.365. The molecule has 0 aromatic heterocycles. The van der Waals surface area contributed by atoms with Gasteiger partial charge in [-0.05, 0) is 36.2 Å². The van der Waals surface area contributed by atoms with Crippen molar-refractivity contribution in [2.45, 2.75) is 18.6 Å². The standard InChI is InChI=1S/C11H15NO4/c13-5-10(16)11-7-4-9(15)8(14)3-6(7)1-2-12-11/h3-4,10-16H,1-2,5H2/t10-,11-/m0/s1. The topological polar surface area (TPSA) is 93.0 Å². The summed E-state index contributed by atoms with van der Waals surface area (Å²) in [6, 6.07) is 2.53. The van der Waals surface area contributed by atoms with Crippen molar-refractivity contribution in [3.63, 3.8) is 0 Å². The molecular weight excluding hydrogens is 210 g/mol. The van der Waals surface area contributed by atoms with Gasteiger partial charge in [-0.2, -0.15) is 0 Å². The van der Waals surface area contributed by atoms with E-state index >= 15 is 0 Å². The molecule has 0 spiro atoms. The Balaban J connectivity index is 2.41. The summed E-state index contributed by atoms with van der Waals surface area (Å²) < 4.78 is 0. The zero-order valence-electron chi connectivity index (χ0n) is 8.72. The third-order valence-electron chi connectivity index (χ3n) is 2.90. The normalized spacial score (nSPS) is 21.5. The number of aromatic hydroxyl groups is 2. The van der Waals surface area contributed by atoms with Gasteiger partial charge in [-0.15, -0.1) is 0 Å². The predicted molar refractivity (Wildman–Crippen MR) is 57.3 cm³/mol. The van der Waals surface area contributed by atoms with Gasteiger partial charge in [0.2, 0.25) is 0 Å². The van der Waals surface area contributed by atoms with Crippen LogP contribution in [-0.2, 0) is 6.42 Å². The number of fused-ring (bicyclic) bond motifs is 1. The summed E-state index contributed by atoms with van der Waals surface area (Å²) in [6.45, 7) is 0.317. The largest absolute Gasteiger partial charge is 0.504 e. The van der Waals surface area contributed by atoms with Gasteiger partial charge in [0, 0.05) is 0 Å². The molecule has 0 aliphatic carbocycles. The highest BCUT2D eigenvalue weighted by Gasteiger charge is 2.26. The Labute approximate surface area is 93.0 Å². The van der Waals surface area contributed by atoms with Crippen LogP contribution in [0.1, 0.15) is 17.2 Å². The number of hydrogen-bond donors (Lipinski definition) is 5. The van der Waals surface area contributed by atoms with Crippen molar-refractivity contribution in [1.82, 2.24) is 5.32 Å². The zero-order valence-corrected chi connectivity index (χ0v) is 8.72. The Morgan fingerprint density at radius 3 is 2.69 bits per heavy atom. The Bertz CT molecular complexity index is 394. The molecule has 0 amide bonds. The van der Waals surface area contributed by atoms with E-state index in [-0.39, 0.29) is 18.1 Å². The van der Waals surface area contributed by atoms with Gasteiger partial charge in [0.05, 0.1) is 18.8 Å². The number of phenolic OH excluding ortho intramolecular Hbond substituents is 2. The van der Waals surface area contributed by atoms with E-state index in [9.17, 15) is 15.3 Å². The van der Waals surface area contributed by atoms with Gasteiger partial charge >= 0.3 is 0 Å². The van der Waals surface area contributed by atoms with Gasteiger partial charge in [0.1, 0.15) is 0 Å². The monoisotopic (exact) mass is 225 g/mol. The lowest BCUT2D eigenvalue weighted by Gasteiger charge is -2.30. The van der Waals surface area contributed by atoms with E-state index in [1.807, 2.05) is 0 Å². The lowest BCUT2D eigenvalue weighted by Crippen LogP contribution is -2.39. The van der Waals surface area contributed by atoms with E-state index in [1.54, 1.807) is 0 Å². The van der Waals surface area contributed by atoms with E-state index in [4.69, 9.17) is 5.11 Å². The average molecular weight is 225 g/mol. The summed E-state index contributed by atoms with van der Waals surface area (Å²) in [7, 11) is 0. The highest BCUT2D eigenvalue weighted by molar-refractivity contribution is 5.48. The third kappa shape index (κ3) is 1.84. The molecule has 0 radical (unpaired) electrons. The second-order valence-electron chi connectivity index (χ2n) is 3.97. The summed E-state index contributed by atoms with van der Waals surface area (Å²) in [5, 5.41) is 40.4. The molecule has 1 aliphatic rings. The van der Waals surface area contributed by atoms with Crippen molar-refractivity contribution in [2.75, 3.05) is 13.2 Å². The molecule has 5 N–H and O–H groups in total. The quantitative estimate of drug-likeness (QED) is 0.443. The molecule has 5 heteroatoms. The summed E-state index contributed by atoms with van der Waals surface area (Å²) in [4.78, 5) is 0. The fourth-order valence-electron chi connectivity index (χ4n) is 2.06. The molecule has 1 aromatic carbocycles. The first-order valence-corrected chi connectivity index (χ1v) is 5.20. The van der Waals surface area contributed by atoms with Crippen molar-refractivity contribution in [3.8, 4) is 11.5 Å². The number of aliphatic hydroxyl groups excluding tert-OH is 2. The number of phenols is 2. The van der Waals surface area contributed by atoms with Crippen molar-refractivity contribution in [3.05, 3.63) is 23.3 Å². The van der Waals surface area contributed by atoms with Gasteiger partial charge in [0.25, 0.3) is 0 Å². The van der Waals surface area contributed by atoms with Crippen LogP contribution in [0.25, 0.3) is 0 Å². The van der Waals surface area contributed by atoms with Crippen LogP contribution in [0.3, 0.4) is 0 Å². The van der Waals surface area contributed by atoms with Crippen LogP contribution in [0.15, 0.2) is 12.1 Å². The molecule has 16 heavy (non-hydrogen) atoms. The fraction of sp³-hybridized carbons (Fsp3) is 0.455. The lowest BCUT2D eigenvalue weighted by molar-refractivity contribution is 0.0604. The summed E-state index contributed by atoms with van der Waals surface area (Å²) in [5.41, 5.74) is 1.61. The van der Waals surface area contributed by atoms with Crippen LogP contribution in [0.2, 0.25) is 0 Å². The molecule has 0 unspecified atom stereocenters. The molecule has 88 valence electrons. The third-order valence-corrected chi connectivity index (χ3v) is 2.90. The van der Waals surface area contributed by atoms with E-state index in [1.165, 1.54) is 12.1 Å². The van der Waals surface area contributed by atoms with Gasteiger partial charge in [-0.25, -0.2) is 0 Å². The van der Waals surface area contributed by atoms with E-state index in [2.05, 4.69) is 5.32 Å². The van der Waals surface area contributed by atoms with Gasteiger partial charge in [-0.3, -0.25) is 0 Å². The van der Waals surface area contributed by atoms with Crippen molar-refractivity contribution < 1.29 is 20.4 Å². The SMILES string of the molecule is OC[C@H](O)[C@H]1NCCc2cc(O)c(O)cc21. The minimum absolute atomic E-state index is 0.155. The maximum Gasteiger partial charge on any atom is 0.157 e. The fourth-order valence-corrected chi connectivity index (χ4v) is 2.06. The van der Waals surface area contributed by atoms with E-state index < -0.39 is 12.1 Å². The number of aliphatic hydroxyl groups is 2. The highest BCUT2D eigenvalue weighted by atomic mass is 16.3. The van der Waals surface area contributed by atoms with Crippen molar-refractivity contribution in [2.24, 2.45) is 0 Å². The Morgan fingerprint density at radius 2 is 2.00 bits per heavy atom. The van der Waals surface area contributed by atoms with Crippen molar-refractivity contribution in [1.29, 1.82) is 0 Å². The second kappa shape index (κ2) is 4.29. The first-order chi connectivity index (χ1) is 7.63. The van der Waals surface area contributed by atoms with Gasteiger partial charge in [-0.1, -0.05) is 0 Å². The maximum atomic E-state index is 9.63. The van der Waals surface area contributed by atoms with Crippen LogP contribution in [-0.4, -0.2) is 39.7 Å². The van der Waals surface area contributed by atoms with Crippen LogP contribution in [0.5, 0.6) is 11.5 Å². The summed E-state index contributed by atoms with van der Waals surface area (Å²) >= 11 is 0. The number of hydrogen-bond acceptors (Lipinski definition) is 5. The van der Waals surface area contributed by atoms with Gasteiger partial charge < -0.3 is 25.7 Å². The number of nitrogens with one attached hydrogen (secondary N) is 1. The lowest BCUT2D eigenvalue weighted by atomic mass is 9.91. The minimum atomic E-state index is -0.914. The zero-order chi connectivity index (χ0) is 11.7. The molecule has 1 aromatic rings. The molecule has 2 atom stereocenters. The molecule has 1 aliphatic heterocycles. The Morgan fingerprint density at radius 1 is 1.31 bits per heavy atom. The molecule has 2 rings (SSSR count). The van der Waals surface area contributed by atoms with Crippen LogP contribution in [0.4, 0.5) is 0 Å². The molecule has 0 bridgehead atoms. The predicted octanol–water partition coefficient (Wildman–Crippen LogP) is -0.362. The smallest absolute Gasteiger partial charge is 0.157 e. The Hall–Kier alpha value is -1.30. The van der Waals surface area contributed by atoms with E-state index in [0.29, 0.717) is 6.54 Å². The maximum absolute atomic E-state index is 9.63. The molecule has 5 nitrogen and oxygen atoms in total. The van der Waals surface area contributed by atoms with Crippen LogP contribution in [0, 0.1) is 0 Å². The Kier molecular flexibility index (Phi) is 3.00. The average Bonchev–Trinajstić information content (AvgIpc) is 2.29. The van der Waals surface area contributed by atoms with E-state index in [0.717, 1.165) is 17.5 Å². The minimum Gasteiger partial charge on any atom is -0.504 e. The molecular formula is C11H15NO4. The molecule has 0 saturated carbocycles. The summed E-state index contributed by atoms with van der Waals surface area (Å²) in [6.07, 6.45) is -0.194. The second-order valence-corrected chi connectivity index (χ2v) is 3.97. The first kappa shape index (κ1) is 11.2. The van der Waals surface area contributed by atoms with Crippen LogP contribution < -0.4 is 5.32 Å². The number of benzene rings is 1. The number of rotatable bonds is 2. The van der Waals surface area contributed by atoms with Crippen molar-refractivity contribution >= 4 is 0 Å². The van der Waals surface area contributed by atoms with Gasteiger partial charge in [0.15, 0.2) is 11.5 Å². The first-order valence-electron chi connectivity index (χ1n) is 5.20.